The van der Waals surface area contributed by atoms with Gasteiger partial charge in [-0.05, 0) is 67.6 Å². The van der Waals surface area contributed by atoms with Gasteiger partial charge in [-0.15, -0.1) is 0 Å². The normalized spacial score (nSPS) is 28.2. The topological polar surface area (TPSA) is 55.8 Å². The number of aliphatic hydroxyl groups is 1. The standard InChI is InChI=1S/C25H29ClFN3O2/c26-19-6-10-21(11-7-19)30-17-28-23(31)24(30)13-15-29(16-14-24)22-3-1-2-12-25(22,32)18-4-8-20(27)9-5-18/h4-11,22,32H,1-3,12-17H2,(H,28,31)/t22-,25+/m1/s1. The Morgan fingerprint density at radius 3 is 2.38 bits per heavy atom. The first-order valence-electron chi connectivity index (χ1n) is 11.5. The minimum absolute atomic E-state index is 0.0347. The number of rotatable bonds is 3. The zero-order chi connectivity index (χ0) is 22.3. The molecular formula is C25H29ClFN3O2. The summed E-state index contributed by atoms with van der Waals surface area (Å²) in [5.41, 5.74) is 0.198. The summed E-state index contributed by atoms with van der Waals surface area (Å²) in [5.74, 6) is -0.219. The molecule has 3 aliphatic rings. The van der Waals surface area contributed by atoms with Gasteiger partial charge in [-0.1, -0.05) is 36.6 Å². The highest BCUT2D eigenvalue weighted by Crippen LogP contribution is 2.43. The van der Waals surface area contributed by atoms with Crippen molar-refractivity contribution in [3.63, 3.8) is 0 Å². The Morgan fingerprint density at radius 1 is 1.00 bits per heavy atom. The molecule has 32 heavy (non-hydrogen) atoms. The largest absolute Gasteiger partial charge is 0.384 e. The fourth-order valence-corrected chi connectivity index (χ4v) is 6.07. The smallest absolute Gasteiger partial charge is 0.247 e. The number of halogens is 2. The molecule has 7 heteroatoms. The van der Waals surface area contributed by atoms with Crippen molar-refractivity contribution in [2.24, 2.45) is 0 Å². The highest BCUT2D eigenvalue weighted by Gasteiger charge is 2.53. The van der Waals surface area contributed by atoms with Gasteiger partial charge in [0.1, 0.15) is 17.0 Å². The van der Waals surface area contributed by atoms with Crippen LogP contribution in [0.3, 0.4) is 0 Å². The molecule has 170 valence electrons. The van der Waals surface area contributed by atoms with E-state index in [4.69, 9.17) is 11.6 Å². The van der Waals surface area contributed by atoms with Gasteiger partial charge >= 0.3 is 0 Å². The fourth-order valence-electron chi connectivity index (χ4n) is 5.95. The highest BCUT2D eigenvalue weighted by molar-refractivity contribution is 6.30. The lowest BCUT2D eigenvalue weighted by Crippen LogP contribution is -2.61. The predicted octanol–water partition coefficient (Wildman–Crippen LogP) is 4.04. The van der Waals surface area contributed by atoms with Gasteiger partial charge < -0.3 is 15.3 Å². The van der Waals surface area contributed by atoms with Crippen molar-refractivity contribution in [2.45, 2.75) is 55.7 Å². The third kappa shape index (κ3) is 3.58. The number of carbonyl (C=O) groups excluding carboxylic acids is 1. The first-order chi connectivity index (χ1) is 15.4. The average Bonchev–Trinajstić information content (AvgIpc) is 3.11. The molecule has 2 saturated heterocycles. The van der Waals surface area contributed by atoms with Crippen molar-refractivity contribution in [1.82, 2.24) is 10.2 Å². The van der Waals surface area contributed by atoms with Crippen molar-refractivity contribution in [3.05, 3.63) is 64.9 Å². The second kappa shape index (κ2) is 8.32. The van der Waals surface area contributed by atoms with Crippen LogP contribution in [0.2, 0.25) is 5.02 Å². The molecule has 1 aliphatic carbocycles. The molecule has 0 aromatic heterocycles. The molecule has 0 radical (unpaired) electrons. The maximum atomic E-state index is 13.5. The van der Waals surface area contributed by atoms with Gasteiger partial charge in [0.15, 0.2) is 0 Å². The monoisotopic (exact) mass is 457 g/mol. The van der Waals surface area contributed by atoms with E-state index in [2.05, 4.69) is 15.1 Å². The molecule has 2 aliphatic heterocycles. The summed E-state index contributed by atoms with van der Waals surface area (Å²) >= 11 is 6.06. The number of nitrogens with one attached hydrogen (secondary N) is 1. The summed E-state index contributed by atoms with van der Waals surface area (Å²) in [4.78, 5) is 17.5. The van der Waals surface area contributed by atoms with Crippen LogP contribution in [0.4, 0.5) is 10.1 Å². The van der Waals surface area contributed by atoms with Gasteiger partial charge in [0.25, 0.3) is 0 Å². The molecule has 1 saturated carbocycles. The summed E-state index contributed by atoms with van der Waals surface area (Å²) in [6.07, 6.45) is 4.97. The van der Waals surface area contributed by atoms with Crippen LogP contribution in [0, 0.1) is 5.82 Å². The van der Waals surface area contributed by atoms with Gasteiger partial charge in [-0.25, -0.2) is 4.39 Å². The van der Waals surface area contributed by atoms with E-state index in [0.717, 1.165) is 43.6 Å². The molecule has 3 fully saturated rings. The molecule has 1 spiro atoms. The number of carbonyl (C=O) groups is 1. The van der Waals surface area contributed by atoms with E-state index in [1.165, 1.54) is 12.1 Å². The van der Waals surface area contributed by atoms with E-state index in [9.17, 15) is 14.3 Å². The lowest BCUT2D eigenvalue weighted by molar-refractivity contribution is -0.127. The first-order valence-corrected chi connectivity index (χ1v) is 11.8. The van der Waals surface area contributed by atoms with E-state index >= 15 is 0 Å². The van der Waals surface area contributed by atoms with Gasteiger partial charge in [0.2, 0.25) is 5.91 Å². The molecule has 2 aromatic rings. The SMILES string of the molecule is O=C1NCN(c2ccc(Cl)cc2)C12CCN([C@@H]1CCCC[C@]1(O)c1ccc(F)cc1)CC2. The van der Waals surface area contributed by atoms with E-state index in [0.29, 0.717) is 31.0 Å². The fraction of sp³-hybridized carbons (Fsp3) is 0.480. The summed E-state index contributed by atoms with van der Waals surface area (Å²) in [7, 11) is 0. The number of hydrogen-bond acceptors (Lipinski definition) is 4. The van der Waals surface area contributed by atoms with E-state index < -0.39 is 11.1 Å². The summed E-state index contributed by atoms with van der Waals surface area (Å²) < 4.78 is 13.5. The summed E-state index contributed by atoms with van der Waals surface area (Å²) in [6, 6.07) is 13.9. The van der Waals surface area contributed by atoms with Crippen molar-refractivity contribution in [3.8, 4) is 0 Å². The van der Waals surface area contributed by atoms with Crippen LogP contribution in [-0.2, 0) is 10.4 Å². The molecule has 2 aromatic carbocycles. The molecule has 5 rings (SSSR count). The van der Waals surface area contributed by atoms with E-state index in [1.54, 1.807) is 12.1 Å². The Bertz CT molecular complexity index is 976. The number of nitrogens with zero attached hydrogens (tertiary/aromatic N) is 2. The second-order valence-corrected chi connectivity index (χ2v) is 9.77. The van der Waals surface area contributed by atoms with Crippen LogP contribution in [0.15, 0.2) is 48.5 Å². The number of benzene rings is 2. The third-order valence-corrected chi connectivity index (χ3v) is 7.97. The number of likely N-dealkylation sites (tertiary alicyclic amines) is 1. The average molecular weight is 458 g/mol. The van der Waals surface area contributed by atoms with Crippen molar-refractivity contribution >= 4 is 23.2 Å². The number of piperidine rings is 1. The molecule has 2 atom stereocenters. The third-order valence-electron chi connectivity index (χ3n) is 7.72. The van der Waals surface area contributed by atoms with Gasteiger partial charge in [-0.2, -0.15) is 0 Å². The quantitative estimate of drug-likeness (QED) is 0.730. The first kappa shape index (κ1) is 21.7. The lowest BCUT2D eigenvalue weighted by atomic mass is 9.73. The van der Waals surface area contributed by atoms with Gasteiger partial charge in [0.05, 0.1) is 6.67 Å². The molecule has 0 unspecified atom stereocenters. The Balaban J connectivity index is 1.37. The van der Waals surface area contributed by atoms with Crippen LogP contribution in [0.1, 0.15) is 44.1 Å². The molecule has 0 bridgehead atoms. The summed E-state index contributed by atoms with van der Waals surface area (Å²) in [6.45, 7) is 1.95. The van der Waals surface area contributed by atoms with E-state index in [-0.39, 0.29) is 17.8 Å². The van der Waals surface area contributed by atoms with E-state index in [1.807, 2.05) is 24.3 Å². The van der Waals surface area contributed by atoms with Crippen LogP contribution >= 0.6 is 11.6 Å². The molecule has 2 N–H and O–H groups in total. The van der Waals surface area contributed by atoms with Crippen molar-refractivity contribution < 1.29 is 14.3 Å². The number of amides is 1. The van der Waals surface area contributed by atoms with Crippen LogP contribution in [-0.4, -0.2) is 47.3 Å². The van der Waals surface area contributed by atoms with Crippen molar-refractivity contribution in [1.29, 1.82) is 0 Å². The highest BCUT2D eigenvalue weighted by atomic mass is 35.5. The predicted molar refractivity (Wildman–Crippen MR) is 123 cm³/mol. The van der Waals surface area contributed by atoms with Gasteiger partial charge in [-0.3, -0.25) is 9.69 Å². The summed E-state index contributed by atoms with van der Waals surface area (Å²) in [5, 5.41) is 15.5. The van der Waals surface area contributed by atoms with Crippen LogP contribution in [0.5, 0.6) is 0 Å². The number of hydrogen-bond donors (Lipinski definition) is 2. The van der Waals surface area contributed by atoms with Crippen LogP contribution < -0.4 is 10.2 Å². The Hall–Kier alpha value is -2.15. The van der Waals surface area contributed by atoms with Gasteiger partial charge in [0, 0.05) is 29.8 Å². The maximum absolute atomic E-state index is 13.5. The minimum atomic E-state index is -0.996. The lowest BCUT2D eigenvalue weighted by Gasteiger charge is -2.51. The van der Waals surface area contributed by atoms with Crippen LogP contribution in [0.25, 0.3) is 0 Å². The molecule has 2 heterocycles. The molecular weight excluding hydrogens is 429 g/mol. The van der Waals surface area contributed by atoms with Crippen molar-refractivity contribution in [2.75, 3.05) is 24.7 Å². The second-order valence-electron chi connectivity index (χ2n) is 9.33. The Morgan fingerprint density at radius 2 is 1.69 bits per heavy atom. The molecule has 5 nitrogen and oxygen atoms in total. The zero-order valence-corrected chi connectivity index (χ0v) is 18.8. The maximum Gasteiger partial charge on any atom is 0.247 e. The zero-order valence-electron chi connectivity index (χ0n) is 18.1. The Kier molecular flexibility index (Phi) is 5.64. The Labute approximate surface area is 193 Å². The molecule has 1 amide bonds. The minimum Gasteiger partial charge on any atom is -0.384 e. The number of anilines is 1.